The number of unbranched alkanes of at least 4 members (excludes halogenated alkanes) is 1. The van der Waals surface area contributed by atoms with Crippen LogP contribution in [-0.4, -0.2) is 30.3 Å². The molecule has 0 amide bonds. The number of likely N-dealkylation sites (tertiary alicyclic amines) is 1. The van der Waals surface area contributed by atoms with Gasteiger partial charge in [0.15, 0.2) is 0 Å². The molecule has 92 valence electrons. The molecule has 1 aromatic carbocycles. The summed E-state index contributed by atoms with van der Waals surface area (Å²) < 4.78 is 0. The molecular weight excluding hydrogens is 210 g/mol. The van der Waals surface area contributed by atoms with Crippen LogP contribution in [-0.2, 0) is 4.79 Å². The van der Waals surface area contributed by atoms with E-state index >= 15 is 0 Å². The number of rotatable bonds is 4. The molecule has 1 aliphatic rings. The molecule has 2 heteroatoms. The minimum Gasteiger partial charge on any atom is -0.302 e. The zero-order valence-electron chi connectivity index (χ0n) is 10.6. The first-order chi connectivity index (χ1) is 8.31. The normalized spacial score (nSPS) is 21.7. The van der Waals surface area contributed by atoms with Crippen LogP contribution in [0.15, 0.2) is 30.3 Å². The zero-order chi connectivity index (χ0) is 12.1. The molecule has 2 nitrogen and oxygen atoms in total. The molecule has 2 rings (SSSR count). The predicted molar refractivity (Wildman–Crippen MR) is 70.2 cm³/mol. The highest BCUT2D eigenvalue weighted by Gasteiger charge is 2.27. The quantitative estimate of drug-likeness (QED) is 0.794. The zero-order valence-corrected chi connectivity index (χ0v) is 10.6. The van der Waals surface area contributed by atoms with Crippen molar-refractivity contribution in [2.24, 2.45) is 0 Å². The van der Waals surface area contributed by atoms with Crippen LogP contribution in [0, 0.1) is 0 Å². The lowest BCUT2D eigenvalue weighted by atomic mass is 9.89. The second-order valence-corrected chi connectivity index (χ2v) is 4.83. The summed E-state index contributed by atoms with van der Waals surface area (Å²) in [7, 11) is 0. The Morgan fingerprint density at radius 2 is 2.06 bits per heavy atom. The van der Waals surface area contributed by atoms with Crippen LogP contribution >= 0.6 is 0 Å². The van der Waals surface area contributed by atoms with Gasteiger partial charge >= 0.3 is 0 Å². The van der Waals surface area contributed by atoms with Gasteiger partial charge < -0.3 is 4.90 Å². The third-order valence-corrected chi connectivity index (χ3v) is 3.53. The molecule has 1 heterocycles. The highest BCUT2D eigenvalue weighted by Crippen LogP contribution is 2.23. The number of Topliss-reactive ketones (excluding diaryl/α,β-unsaturated/α-hetero) is 1. The molecule has 0 aromatic heterocycles. The van der Waals surface area contributed by atoms with E-state index in [2.05, 4.69) is 24.0 Å². The molecule has 1 aromatic rings. The summed E-state index contributed by atoms with van der Waals surface area (Å²) in [5, 5.41) is 0. The van der Waals surface area contributed by atoms with Gasteiger partial charge in [0.25, 0.3) is 0 Å². The van der Waals surface area contributed by atoms with Crippen molar-refractivity contribution in [1.29, 1.82) is 0 Å². The first-order valence-electron chi connectivity index (χ1n) is 6.61. The van der Waals surface area contributed by atoms with Crippen molar-refractivity contribution in [3.8, 4) is 0 Å². The number of hydrogen-bond acceptors (Lipinski definition) is 2. The van der Waals surface area contributed by atoms with Crippen molar-refractivity contribution in [1.82, 2.24) is 4.90 Å². The number of hydrogen-bond donors (Lipinski definition) is 0. The largest absolute Gasteiger partial charge is 0.302 e. The van der Waals surface area contributed by atoms with E-state index < -0.39 is 0 Å². The maximum Gasteiger partial charge on any atom is 0.142 e. The molecule has 1 saturated heterocycles. The highest BCUT2D eigenvalue weighted by molar-refractivity contribution is 5.86. The number of nitrogens with zero attached hydrogens (tertiary/aromatic N) is 1. The first kappa shape index (κ1) is 12.3. The van der Waals surface area contributed by atoms with Crippen molar-refractivity contribution in [2.45, 2.75) is 32.1 Å². The fourth-order valence-electron chi connectivity index (χ4n) is 2.46. The van der Waals surface area contributed by atoms with E-state index in [9.17, 15) is 4.79 Å². The van der Waals surface area contributed by atoms with E-state index in [-0.39, 0.29) is 5.92 Å². The van der Waals surface area contributed by atoms with E-state index in [1.54, 1.807) is 0 Å². The van der Waals surface area contributed by atoms with Crippen molar-refractivity contribution >= 4 is 5.78 Å². The number of carbonyl (C=O) groups excluding carboxylic acids is 1. The Morgan fingerprint density at radius 3 is 2.76 bits per heavy atom. The molecule has 0 bridgehead atoms. The monoisotopic (exact) mass is 231 g/mol. The highest BCUT2D eigenvalue weighted by atomic mass is 16.1. The molecule has 1 atom stereocenters. The van der Waals surface area contributed by atoms with Gasteiger partial charge in [-0.1, -0.05) is 43.7 Å². The summed E-state index contributed by atoms with van der Waals surface area (Å²) in [5.41, 5.74) is 1.18. The van der Waals surface area contributed by atoms with Gasteiger partial charge in [-0.2, -0.15) is 0 Å². The molecular formula is C15H21NO. The lowest BCUT2D eigenvalue weighted by molar-refractivity contribution is -0.123. The SMILES string of the molecule is CCCCN1CCC(=O)C(c2ccccc2)C1. The van der Waals surface area contributed by atoms with Gasteiger partial charge in [0, 0.05) is 19.5 Å². The van der Waals surface area contributed by atoms with Gasteiger partial charge in [-0.3, -0.25) is 4.79 Å². The molecule has 1 unspecified atom stereocenters. The molecule has 0 aliphatic carbocycles. The third kappa shape index (κ3) is 3.16. The fraction of sp³-hybridized carbons (Fsp3) is 0.533. The predicted octanol–water partition coefficient (Wildman–Crippen LogP) is 2.85. The average molecular weight is 231 g/mol. The summed E-state index contributed by atoms with van der Waals surface area (Å²) in [6.45, 7) is 5.20. The van der Waals surface area contributed by atoms with Crippen LogP contribution in [0.1, 0.15) is 37.7 Å². The van der Waals surface area contributed by atoms with Crippen molar-refractivity contribution < 1.29 is 4.79 Å². The Hall–Kier alpha value is -1.15. The van der Waals surface area contributed by atoms with Gasteiger partial charge in [-0.05, 0) is 18.5 Å². The van der Waals surface area contributed by atoms with Crippen LogP contribution in [0.5, 0.6) is 0 Å². The van der Waals surface area contributed by atoms with E-state index in [0.29, 0.717) is 12.2 Å². The number of benzene rings is 1. The molecule has 1 fully saturated rings. The van der Waals surface area contributed by atoms with Gasteiger partial charge in [0.1, 0.15) is 5.78 Å². The number of piperidine rings is 1. The van der Waals surface area contributed by atoms with Crippen LogP contribution in [0.2, 0.25) is 0 Å². The minimum absolute atomic E-state index is 0.0989. The average Bonchev–Trinajstić information content (AvgIpc) is 2.39. The van der Waals surface area contributed by atoms with Gasteiger partial charge in [-0.25, -0.2) is 0 Å². The molecule has 0 radical (unpaired) electrons. The van der Waals surface area contributed by atoms with Crippen molar-refractivity contribution in [3.05, 3.63) is 35.9 Å². The molecule has 1 aliphatic heterocycles. The van der Waals surface area contributed by atoms with Crippen molar-refractivity contribution in [3.63, 3.8) is 0 Å². The van der Waals surface area contributed by atoms with Crippen LogP contribution < -0.4 is 0 Å². The third-order valence-electron chi connectivity index (χ3n) is 3.53. The maximum atomic E-state index is 12.0. The lowest BCUT2D eigenvalue weighted by Gasteiger charge is -2.31. The number of carbonyl (C=O) groups is 1. The first-order valence-corrected chi connectivity index (χ1v) is 6.61. The van der Waals surface area contributed by atoms with Crippen LogP contribution in [0.4, 0.5) is 0 Å². The molecule has 0 spiro atoms. The Kier molecular flexibility index (Phi) is 4.32. The van der Waals surface area contributed by atoms with E-state index in [0.717, 1.165) is 19.6 Å². The summed E-state index contributed by atoms with van der Waals surface area (Å²) in [6, 6.07) is 10.2. The molecule has 0 N–H and O–H groups in total. The van der Waals surface area contributed by atoms with E-state index in [1.165, 1.54) is 18.4 Å². The minimum atomic E-state index is 0.0989. The Labute approximate surface area is 104 Å². The summed E-state index contributed by atoms with van der Waals surface area (Å²) in [5.74, 6) is 0.505. The maximum absolute atomic E-state index is 12.0. The van der Waals surface area contributed by atoms with E-state index in [1.807, 2.05) is 18.2 Å². The molecule has 0 saturated carbocycles. The van der Waals surface area contributed by atoms with E-state index in [4.69, 9.17) is 0 Å². The topological polar surface area (TPSA) is 20.3 Å². The summed E-state index contributed by atoms with van der Waals surface area (Å²) in [6.07, 6.45) is 3.17. The Morgan fingerprint density at radius 1 is 1.29 bits per heavy atom. The lowest BCUT2D eigenvalue weighted by Crippen LogP contribution is -2.39. The number of ketones is 1. The Balaban J connectivity index is 2.02. The second-order valence-electron chi connectivity index (χ2n) is 4.83. The van der Waals surface area contributed by atoms with Crippen LogP contribution in [0.25, 0.3) is 0 Å². The summed E-state index contributed by atoms with van der Waals surface area (Å²) >= 11 is 0. The van der Waals surface area contributed by atoms with Gasteiger partial charge in [0.2, 0.25) is 0 Å². The fourth-order valence-corrected chi connectivity index (χ4v) is 2.46. The smallest absolute Gasteiger partial charge is 0.142 e. The Bertz CT molecular complexity index is 360. The van der Waals surface area contributed by atoms with Crippen molar-refractivity contribution in [2.75, 3.05) is 19.6 Å². The standard InChI is InChI=1S/C15H21NO/c1-2-3-10-16-11-9-15(17)14(12-16)13-7-5-4-6-8-13/h4-8,14H,2-3,9-12H2,1H3. The van der Waals surface area contributed by atoms with Gasteiger partial charge in [0.05, 0.1) is 5.92 Å². The van der Waals surface area contributed by atoms with Crippen LogP contribution in [0.3, 0.4) is 0 Å². The van der Waals surface area contributed by atoms with Gasteiger partial charge in [-0.15, -0.1) is 0 Å². The molecule has 17 heavy (non-hydrogen) atoms. The summed E-state index contributed by atoms with van der Waals surface area (Å²) in [4.78, 5) is 14.4. The second kappa shape index (κ2) is 5.97.